The largest absolute Gasteiger partial charge is 0.103 e. The second-order valence-electron chi connectivity index (χ2n) is 2.13. The molecule has 0 atom stereocenters. The van der Waals surface area contributed by atoms with Gasteiger partial charge in [0.25, 0.3) is 0 Å². The van der Waals surface area contributed by atoms with Crippen LogP contribution in [0.5, 0.6) is 0 Å². The highest BCUT2D eigenvalue weighted by Gasteiger charge is 1.70. The van der Waals surface area contributed by atoms with Crippen LogP contribution in [0.25, 0.3) is 0 Å². The van der Waals surface area contributed by atoms with Crippen molar-refractivity contribution in [1.29, 1.82) is 0 Å². The average Bonchev–Trinajstić information content (AvgIpc) is 1.97. The number of hydrogen-bond donors (Lipinski definition) is 0. The summed E-state index contributed by atoms with van der Waals surface area (Å²) in [6.07, 6.45) is 13.7. The third kappa shape index (κ3) is 7.22. The summed E-state index contributed by atoms with van der Waals surface area (Å²) in [5.41, 5.74) is 0. The van der Waals surface area contributed by atoms with Gasteiger partial charge in [-0.15, -0.1) is 6.58 Å². The molecule has 0 aromatic carbocycles. The molecule has 0 rings (SSSR count). The van der Waals surface area contributed by atoms with Crippen molar-refractivity contribution in [3.63, 3.8) is 0 Å². The van der Waals surface area contributed by atoms with E-state index in [-0.39, 0.29) is 0 Å². The Balaban J connectivity index is 3.19. The van der Waals surface area contributed by atoms with Gasteiger partial charge in [-0.25, -0.2) is 0 Å². The van der Waals surface area contributed by atoms with Gasteiger partial charge in [-0.2, -0.15) is 0 Å². The Kier molecular flexibility index (Phi) is 7.58. The highest BCUT2D eigenvalue weighted by Crippen LogP contribution is 1.91. The number of hydrogen-bond acceptors (Lipinski definition) is 0. The fourth-order valence-corrected chi connectivity index (χ4v) is 0.604. The maximum Gasteiger partial charge on any atom is -0.0313 e. The van der Waals surface area contributed by atoms with E-state index in [1.54, 1.807) is 0 Å². The van der Waals surface area contributed by atoms with E-state index in [1.807, 2.05) is 6.08 Å². The molecular weight excluding hydrogens is 120 g/mol. The van der Waals surface area contributed by atoms with Gasteiger partial charge in [0.2, 0.25) is 0 Å². The van der Waals surface area contributed by atoms with E-state index in [0.29, 0.717) is 0 Å². The van der Waals surface area contributed by atoms with Crippen LogP contribution in [0.3, 0.4) is 0 Å². The molecule has 0 aliphatic heterocycles. The summed E-state index contributed by atoms with van der Waals surface area (Å²) < 4.78 is 0. The van der Waals surface area contributed by atoms with E-state index in [9.17, 15) is 0 Å². The molecule has 0 nitrogen and oxygen atoms in total. The van der Waals surface area contributed by atoms with Crippen LogP contribution in [0.15, 0.2) is 37.0 Å². The molecule has 0 bridgehead atoms. The van der Waals surface area contributed by atoms with E-state index >= 15 is 0 Å². The molecule has 0 heteroatoms. The van der Waals surface area contributed by atoms with E-state index in [0.717, 1.165) is 19.3 Å². The van der Waals surface area contributed by atoms with E-state index in [1.165, 1.54) is 0 Å². The minimum absolute atomic E-state index is 1.08. The summed E-state index contributed by atoms with van der Waals surface area (Å²) in [6, 6.07) is 0. The van der Waals surface area contributed by atoms with Gasteiger partial charge in [-0.1, -0.05) is 37.3 Å². The molecule has 10 heavy (non-hydrogen) atoms. The van der Waals surface area contributed by atoms with Crippen LogP contribution in [0, 0.1) is 0 Å². The quantitative estimate of drug-likeness (QED) is 0.308. The lowest BCUT2D eigenvalue weighted by Crippen LogP contribution is -1.60. The van der Waals surface area contributed by atoms with Crippen LogP contribution in [0.2, 0.25) is 0 Å². The summed E-state index contributed by atoms with van der Waals surface area (Å²) in [4.78, 5) is 0. The molecule has 0 heterocycles. The van der Waals surface area contributed by atoms with Gasteiger partial charge in [-0.3, -0.25) is 0 Å². The summed E-state index contributed by atoms with van der Waals surface area (Å²) >= 11 is 0. The fourth-order valence-electron chi connectivity index (χ4n) is 0.604. The number of allylic oxidation sites excluding steroid dienone is 5. The van der Waals surface area contributed by atoms with Crippen LogP contribution < -0.4 is 0 Å². The predicted octanol–water partition coefficient (Wildman–Crippen LogP) is 3.48. The topological polar surface area (TPSA) is 0 Å². The first-order valence-corrected chi connectivity index (χ1v) is 3.84. The zero-order chi connectivity index (χ0) is 7.66. The Bertz CT molecular complexity index is 118. The van der Waals surface area contributed by atoms with Crippen molar-refractivity contribution < 1.29 is 0 Å². The van der Waals surface area contributed by atoms with Crippen molar-refractivity contribution in [3.8, 4) is 0 Å². The maximum absolute atomic E-state index is 3.64. The van der Waals surface area contributed by atoms with E-state index in [4.69, 9.17) is 0 Å². The third-order valence-electron chi connectivity index (χ3n) is 1.16. The van der Waals surface area contributed by atoms with E-state index < -0.39 is 0 Å². The molecule has 0 unspecified atom stereocenters. The Morgan fingerprint density at radius 2 is 1.80 bits per heavy atom. The lowest BCUT2D eigenvalue weighted by atomic mass is 10.3. The van der Waals surface area contributed by atoms with Gasteiger partial charge in [0.15, 0.2) is 0 Å². The van der Waals surface area contributed by atoms with Crippen molar-refractivity contribution in [1.82, 2.24) is 0 Å². The number of unbranched alkanes of at least 4 members (excludes halogenated alkanes) is 1. The van der Waals surface area contributed by atoms with Gasteiger partial charge >= 0.3 is 0 Å². The van der Waals surface area contributed by atoms with Gasteiger partial charge < -0.3 is 0 Å². The molecule has 0 saturated carbocycles. The zero-order valence-corrected chi connectivity index (χ0v) is 6.72. The minimum Gasteiger partial charge on any atom is -0.103 e. The van der Waals surface area contributed by atoms with Crippen LogP contribution in [0.4, 0.5) is 0 Å². The lowest BCUT2D eigenvalue weighted by molar-refractivity contribution is 1.06. The minimum atomic E-state index is 1.08. The van der Waals surface area contributed by atoms with Crippen LogP contribution in [0.1, 0.15) is 26.2 Å². The van der Waals surface area contributed by atoms with Crippen molar-refractivity contribution in [2.24, 2.45) is 0 Å². The van der Waals surface area contributed by atoms with Crippen LogP contribution in [-0.4, -0.2) is 0 Å². The molecule has 0 spiro atoms. The molecule has 0 amide bonds. The molecule has 0 fully saturated rings. The molecule has 0 aromatic heterocycles. The first-order valence-electron chi connectivity index (χ1n) is 3.84. The first-order chi connectivity index (χ1) is 4.91. The molecule has 0 saturated heterocycles. The smallest absolute Gasteiger partial charge is 0.0313 e. The Morgan fingerprint density at radius 3 is 2.40 bits per heavy atom. The Hall–Kier alpha value is -0.780. The highest BCUT2D eigenvalue weighted by molar-refractivity contribution is 5.02. The van der Waals surface area contributed by atoms with Gasteiger partial charge in [0.05, 0.1) is 0 Å². The Morgan fingerprint density at radius 1 is 1.10 bits per heavy atom. The van der Waals surface area contributed by atoms with Crippen LogP contribution in [-0.2, 0) is 0 Å². The summed E-state index contributed by atoms with van der Waals surface area (Å²) in [6.45, 7) is 5.78. The van der Waals surface area contributed by atoms with Crippen molar-refractivity contribution in [2.45, 2.75) is 26.2 Å². The second kappa shape index (κ2) is 8.22. The summed E-state index contributed by atoms with van der Waals surface area (Å²) in [5.74, 6) is 0. The third-order valence-corrected chi connectivity index (χ3v) is 1.16. The predicted molar refractivity (Wildman–Crippen MR) is 48.0 cm³/mol. The second-order valence-corrected chi connectivity index (χ2v) is 2.13. The van der Waals surface area contributed by atoms with Crippen molar-refractivity contribution in [2.75, 3.05) is 0 Å². The molecule has 0 radical (unpaired) electrons. The van der Waals surface area contributed by atoms with Crippen LogP contribution >= 0.6 is 0 Å². The molecule has 0 aliphatic carbocycles. The van der Waals surface area contributed by atoms with Gasteiger partial charge in [0, 0.05) is 0 Å². The summed E-state index contributed by atoms with van der Waals surface area (Å²) in [7, 11) is 0. The highest BCUT2D eigenvalue weighted by atomic mass is 13.8. The SMILES string of the molecule is C=CCC/C=C/C=C/CC. The standard InChI is InChI=1S/C10H16/c1-3-5-7-9-10-8-6-4-2/h3,6,8-10H,1,4-5,7H2,2H3/b8-6+,10-9+. The molecule has 0 aromatic rings. The van der Waals surface area contributed by atoms with Crippen molar-refractivity contribution >= 4 is 0 Å². The molecule has 0 aliphatic rings. The molecule has 56 valence electrons. The molecular formula is C10H16. The average molecular weight is 136 g/mol. The van der Waals surface area contributed by atoms with E-state index in [2.05, 4.69) is 37.8 Å². The number of rotatable bonds is 5. The van der Waals surface area contributed by atoms with Gasteiger partial charge in [-0.05, 0) is 19.3 Å². The molecule has 0 N–H and O–H groups in total. The monoisotopic (exact) mass is 136 g/mol. The zero-order valence-electron chi connectivity index (χ0n) is 6.72. The summed E-state index contributed by atoms with van der Waals surface area (Å²) in [5, 5.41) is 0. The van der Waals surface area contributed by atoms with Gasteiger partial charge in [0.1, 0.15) is 0 Å². The lowest BCUT2D eigenvalue weighted by Gasteiger charge is -1.81. The Labute approximate surface area is 64.0 Å². The maximum atomic E-state index is 3.64. The normalized spacial score (nSPS) is 11.3. The first kappa shape index (κ1) is 9.22. The van der Waals surface area contributed by atoms with Crippen molar-refractivity contribution in [3.05, 3.63) is 37.0 Å². The fraction of sp³-hybridized carbons (Fsp3) is 0.400.